The van der Waals surface area contributed by atoms with Gasteiger partial charge in [0.1, 0.15) is 0 Å². The molecule has 0 saturated carbocycles. The van der Waals surface area contributed by atoms with Gasteiger partial charge in [-0.05, 0) is 30.9 Å². The predicted molar refractivity (Wildman–Crippen MR) is 104 cm³/mol. The zero-order chi connectivity index (χ0) is 15.9. The average Bonchev–Trinajstić information content (AvgIpc) is 2.94. The van der Waals surface area contributed by atoms with Gasteiger partial charge in [0.15, 0.2) is 17.6 Å². The molecule has 1 fully saturated rings. The second-order valence-corrected chi connectivity index (χ2v) is 6.07. The highest BCUT2D eigenvalue weighted by Crippen LogP contribution is 2.20. The van der Waals surface area contributed by atoms with Gasteiger partial charge in [-0.2, -0.15) is 0 Å². The molecular formula is C16H27FIN5. The maximum Gasteiger partial charge on any atom is 0.191 e. The van der Waals surface area contributed by atoms with Gasteiger partial charge in [0.05, 0.1) is 0 Å². The summed E-state index contributed by atoms with van der Waals surface area (Å²) in [5.74, 6) is 1.66. The van der Waals surface area contributed by atoms with Gasteiger partial charge < -0.3 is 15.5 Å². The lowest BCUT2D eigenvalue weighted by molar-refractivity contribution is 0.567. The van der Waals surface area contributed by atoms with Crippen molar-refractivity contribution in [3.05, 3.63) is 24.1 Å². The highest BCUT2D eigenvalue weighted by atomic mass is 127. The monoisotopic (exact) mass is 435 g/mol. The van der Waals surface area contributed by atoms with E-state index in [0.717, 1.165) is 38.4 Å². The summed E-state index contributed by atoms with van der Waals surface area (Å²) in [5.41, 5.74) is 0. The molecule has 1 aliphatic rings. The van der Waals surface area contributed by atoms with Crippen molar-refractivity contribution < 1.29 is 4.39 Å². The molecule has 1 unspecified atom stereocenters. The van der Waals surface area contributed by atoms with Crippen LogP contribution >= 0.6 is 24.0 Å². The summed E-state index contributed by atoms with van der Waals surface area (Å²) in [6.45, 7) is 6.85. The number of rotatable bonds is 5. The summed E-state index contributed by atoms with van der Waals surface area (Å²) in [5, 5.41) is 6.73. The highest BCUT2D eigenvalue weighted by molar-refractivity contribution is 14.0. The molecule has 1 aromatic heterocycles. The van der Waals surface area contributed by atoms with Gasteiger partial charge >= 0.3 is 0 Å². The quantitative estimate of drug-likeness (QED) is 0.424. The Balaban J connectivity index is 0.00000264. The first kappa shape index (κ1) is 19.9. The number of hydrogen-bond acceptors (Lipinski definition) is 3. The van der Waals surface area contributed by atoms with Gasteiger partial charge in [0.2, 0.25) is 0 Å². The third-order valence-corrected chi connectivity index (χ3v) is 3.81. The number of nitrogens with one attached hydrogen (secondary N) is 2. The van der Waals surface area contributed by atoms with E-state index < -0.39 is 0 Å². The maximum absolute atomic E-state index is 13.8. The molecular weight excluding hydrogens is 408 g/mol. The standard InChI is InChI=1S/C16H26FN5.HI/c1-12(2)6-9-20-16(18-3)21-13-7-10-22(11-13)15-14(17)5-4-8-19-15;/h4-5,8,12-13H,6-7,9-11H2,1-3H3,(H2,18,20,21);1H. The molecule has 0 radical (unpaired) electrons. The number of hydrogen-bond donors (Lipinski definition) is 2. The lowest BCUT2D eigenvalue weighted by atomic mass is 10.1. The minimum atomic E-state index is -0.261. The van der Waals surface area contributed by atoms with Gasteiger partial charge in [-0.25, -0.2) is 9.37 Å². The molecule has 0 aliphatic carbocycles. The van der Waals surface area contributed by atoms with Crippen molar-refractivity contribution >= 4 is 35.8 Å². The van der Waals surface area contributed by atoms with Crippen molar-refractivity contribution in [3.8, 4) is 0 Å². The molecule has 7 heteroatoms. The minimum absolute atomic E-state index is 0. The molecule has 1 atom stereocenters. The van der Waals surface area contributed by atoms with Crippen molar-refractivity contribution in [2.24, 2.45) is 10.9 Å². The summed E-state index contributed by atoms with van der Waals surface area (Å²) in [7, 11) is 1.77. The van der Waals surface area contributed by atoms with Crippen LogP contribution in [0.3, 0.4) is 0 Å². The molecule has 23 heavy (non-hydrogen) atoms. The SMILES string of the molecule is CN=C(NCCC(C)C)NC1CCN(c2ncccc2F)C1.I. The fourth-order valence-electron chi connectivity index (χ4n) is 2.55. The van der Waals surface area contributed by atoms with E-state index in [2.05, 4.69) is 34.5 Å². The van der Waals surface area contributed by atoms with Crippen molar-refractivity contribution in [2.75, 3.05) is 31.6 Å². The number of anilines is 1. The molecule has 2 rings (SSSR count). The van der Waals surface area contributed by atoms with Gasteiger partial charge in [0.25, 0.3) is 0 Å². The van der Waals surface area contributed by atoms with Crippen molar-refractivity contribution in [3.63, 3.8) is 0 Å². The van der Waals surface area contributed by atoms with Crippen LogP contribution < -0.4 is 15.5 Å². The van der Waals surface area contributed by atoms with Gasteiger partial charge in [-0.15, -0.1) is 24.0 Å². The molecule has 1 saturated heterocycles. The third kappa shape index (κ3) is 6.12. The molecule has 0 spiro atoms. The Hall–Kier alpha value is -1.12. The largest absolute Gasteiger partial charge is 0.356 e. The molecule has 130 valence electrons. The molecule has 0 bridgehead atoms. The van der Waals surface area contributed by atoms with Crippen LogP contribution in [-0.4, -0.2) is 43.7 Å². The van der Waals surface area contributed by atoms with E-state index in [1.54, 1.807) is 19.3 Å². The van der Waals surface area contributed by atoms with Crippen LogP contribution in [0.5, 0.6) is 0 Å². The first-order valence-corrected chi connectivity index (χ1v) is 7.92. The number of halogens is 2. The summed E-state index contributed by atoms with van der Waals surface area (Å²) >= 11 is 0. The summed E-state index contributed by atoms with van der Waals surface area (Å²) in [6, 6.07) is 3.33. The van der Waals surface area contributed by atoms with Crippen LogP contribution in [0.2, 0.25) is 0 Å². The maximum atomic E-state index is 13.8. The van der Waals surface area contributed by atoms with E-state index >= 15 is 0 Å². The normalized spacial score (nSPS) is 18.0. The molecule has 0 amide bonds. The lowest BCUT2D eigenvalue weighted by Crippen LogP contribution is -2.45. The first-order chi connectivity index (χ1) is 10.6. The molecule has 1 aromatic rings. The molecule has 2 heterocycles. The molecule has 0 aromatic carbocycles. The zero-order valence-electron chi connectivity index (χ0n) is 14.1. The molecule has 5 nitrogen and oxygen atoms in total. The third-order valence-electron chi connectivity index (χ3n) is 3.81. The Morgan fingerprint density at radius 2 is 2.30 bits per heavy atom. The molecule has 2 N–H and O–H groups in total. The van der Waals surface area contributed by atoms with Crippen molar-refractivity contribution in [1.82, 2.24) is 15.6 Å². The number of aliphatic imine (C=N–C) groups is 1. The van der Waals surface area contributed by atoms with Gasteiger partial charge in [-0.1, -0.05) is 13.8 Å². The lowest BCUT2D eigenvalue weighted by Gasteiger charge is -2.20. The Morgan fingerprint density at radius 1 is 1.52 bits per heavy atom. The topological polar surface area (TPSA) is 52.6 Å². The second-order valence-electron chi connectivity index (χ2n) is 6.07. The Kier molecular flexibility index (Phi) is 8.57. The molecule has 1 aliphatic heterocycles. The van der Waals surface area contributed by atoms with E-state index in [0.29, 0.717) is 11.7 Å². The van der Waals surface area contributed by atoms with Gasteiger partial charge in [0, 0.05) is 38.9 Å². The minimum Gasteiger partial charge on any atom is -0.356 e. The highest BCUT2D eigenvalue weighted by Gasteiger charge is 2.25. The smallest absolute Gasteiger partial charge is 0.191 e. The van der Waals surface area contributed by atoms with E-state index in [1.807, 2.05) is 4.90 Å². The van der Waals surface area contributed by atoms with Crippen LogP contribution in [-0.2, 0) is 0 Å². The van der Waals surface area contributed by atoms with Crippen molar-refractivity contribution in [2.45, 2.75) is 32.7 Å². The van der Waals surface area contributed by atoms with Crippen LogP contribution in [0.1, 0.15) is 26.7 Å². The summed E-state index contributed by atoms with van der Waals surface area (Å²) < 4.78 is 13.8. The summed E-state index contributed by atoms with van der Waals surface area (Å²) in [4.78, 5) is 10.4. The van der Waals surface area contributed by atoms with Gasteiger partial charge in [-0.3, -0.25) is 4.99 Å². The van der Waals surface area contributed by atoms with Crippen LogP contribution in [0.4, 0.5) is 10.2 Å². The number of pyridine rings is 1. The second kappa shape index (κ2) is 9.89. The van der Waals surface area contributed by atoms with E-state index in [4.69, 9.17) is 0 Å². The first-order valence-electron chi connectivity index (χ1n) is 7.92. The number of aromatic nitrogens is 1. The van der Waals surface area contributed by atoms with Crippen molar-refractivity contribution in [1.29, 1.82) is 0 Å². The van der Waals surface area contributed by atoms with Crippen LogP contribution in [0.25, 0.3) is 0 Å². The number of nitrogens with zero attached hydrogens (tertiary/aromatic N) is 3. The van der Waals surface area contributed by atoms with E-state index in [9.17, 15) is 4.39 Å². The Labute approximate surface area is 155 Å². The predicted octanol–water partition coefficient (Wildman–Crippen LogP) is 2.63. The zero-order valence-corrected chi connectivity index (χ0v) is 16.4. The number of guanidine groups is 1. The van der Waals surface area contributed by atoms with E-state index in [1.165, 1.54) is 6.07 Å². The van der Waals surface area contributed by atoms with E-state index in [-0.39, 0.29) is 35.8 Å². The van der Waals surface area contributed by atoms with Crippen LogP contribution in [0.15, 0.2) is 23.3 Å². The van der Waals surface area contributed by atoms with Crippen LogP contribution in [0, 0.1) is 11.7 Å². The fraction of sp³-hybridized carbons (Fsp3) is 0.625. The Morgan fingerprint density at radius 3 is 2.96 bits per heavy atom. The average molecular weight is 435 g/mol. The Bertz CT molecular complexity index is 509. The fourth-order valence-corrected chi connectivity index (χ4v) is 2.55. The summed E-state index contributed by atoms with van der Waals surface area (Å²) in [6.07, 6.45) is 3.68.